The molecule has 3 aromatic rings. The molecule has 0 bridgehead atoms. The van der Waals surface area contributed by atoms with Gasteiger partial charge in [0.2, 0.25) is 5.91 Å². The second kappa shape index (κ2) is 6.71. The molecule has 0 radical (unpaired) electrons. The van der Waals surface area contributed by atoms with Crippen molar-refractivity contribution < 1.29 is 4.79 Å². The molecule has 1 amide bonds. The predicted octanol–water partition coefficient (Wildman–Crippen LogP) is 4.04. The van der Waals surface area contributed by atoms with E-state index in [0.717, 1.165) is 46.7 Å². The fourth-order valence-corrected chi connectivity index (χ4v) is 3.33. The second-order valence-corrected chi connectivity index (χ2v) is 6.87. The minimum absolute atomic E-state index is 0.0524. The van der Waals surface area contributed by atoms with Crippen LogP contribution in [0.2, 0.25) is 0 Å². The fraction of sp³-hybridized carbons (Fsp3) is 0.227. The van der Waals surface area contributed by atoms with Crippen LogP contribution >= 0.6 is 0 Å². The number of carbonyl (C=O) groups excluding carboxylic acids is 1. The first-order valence-corrected chi connectivity index (χ1v) is 8.90. The van der Waals surface area contributed by atoms with Crippen LogP contribution < -0.4 is 5.32 Å². The van der Waals surface area contributed by atoms with Crippen molar-refractivity contribution >= 4 is 11.6 Å². The lowest BCUT2D eigenvalue weighted by Crippen LogP contribution is -2.03. The number of carbonyl (C=O) groups is 1. The number of fused-ring (bicyclic) bond motifs is 1. The van der Waals surface area contributed by atoms with Crippen LogP contribution in [-0.4, -0.2) is 15.9 Å². The number of anilines is 1. The van der Waals surface area contributed by atoms with Gasteiger partial charge in [-0.2, -0.15) is 0 Å². The van der Waals surface area contributed by atoms with Crippen molar-refractivity contribution in [3.05, 3.63) is 76.9 Å². The highest BCUT2D eigenvalue weighted by atomic mass is 16.1. The average Bonchev–Trinajstić information content (AvgIpc) is 3.00. The van der Waals surface area contributed by atoms with Crippen molar-refractivity contribution in [2.45, 2.75) is 33.1 Å². The summed E-state index contributed by atoms with van der Waals surface area (Å²) in [6, 6.07) is 14.6. The Morgan fingerprint density at radius 1 is 1.04 bits per heavy atom. The number of nitrogens with one attached hydrogen (secondary N) is 1. The molecule has 4 rings (SSSR count). The lowest BCUT2D eigenvalue weighted by molar-refractivity contribution is -0.115. The number of amides is 1. The zero-order chi connectivity index (χ0) is 18.1. The van der Waals surface area contributed by atoms with E-state index in [2.05, 4.69) is 47.6 Å². The summed E-state index contributed by atoms with van der Waals surface area (Å²) in [6.07, 6.45) is 4.11. The van der Waals surface area contributed by atoms with Gasteiger partial charge in [0, 0.05) is 29.6 Å². The predicted molar refractivity (Wildman–Crippen MR) is 103 cm³/mol. The van der Waals surface area contributed by atoms with E-state index in [0.29, 0.717) is 6.42 Å². The van der Waals surface area contributed by atoms with E-state index in [1.165, 1.54) is 11.1 Å². The van der Waals surface area contributed by atoms with Gasteiger partial charge in [-0.25, -0.2) is 9.97 Å². The molecule has 0 unspecified atom stereocenters. The van der Waals surface area contributed by atoms with Crippen LogP contribution in [0.3, 0.4) is 0 Å². The van der Waals surface area contributed by atoms with Crippen LogP contribution in [0.4, 0.5) is 5.69 Å². The van der Waals surface area contributed by atoms with Gasteiger partial charge in [0.05, 0.1) is 6.42 Å². The van der Waals surface area contributed by atoms with Crippen LogP contribution in [-0.2, 0) is 24.1 Å². The van der Waals surface area contributed by atoms with Gasteiger partial charge < -0.3 is 5.32 Å². The Hall–Kier alpha value is -3.01. The monoisotopic (exact) mass is 343 g/mol. The van der Waals surface area contributed by atoms with E-state index in [9.17, 15) is 4.79 Å². The van der Waals surface area contributed by atoms with Crippen LogP contribution in [0.1, 0.15) is 28.2 Å². The Morgan fingerprint density at radius 2 is 1.85 bits per heavy atom. The SMILES string of the molecule is Cc1ccc(CCc2ncc(-c3ccc4c(c3)CC(=O)N4)c(C)n2)cc1. The molecular formula is C22H21N3O. The maximum Gasteiger partial charge on any atom is 0.228 e. The molecule has 1 N–H and O–H groups in total. The topological polar surface area (TPSA) is 54.9 Å². The van der Waals surface area contributed by atoms with Crippen molar-refractivity contribution in [2.24, 2.45) is 0 Å². The number of nitrogens with zero attached hydrogens (tertiary/aromatic N) is 2. The van der Waals surface area contributed by atoms with Gasteiger partial charge in [0.1, 0.15) is 5.82 Å². The minimum atomic E-state index is 0.0524. The van der Waals surface area contributed by atoms with Crippen LogP contribution in [0.5, 0.6) is 0 Å². The lowest BCUT2D eigenvalue weighted by Gasteiger charge is -2.09. The van der Waals surface area contributed by atoms with Crippen molar-refractivity contribution in [1.29, 1.82) is 0 Å². The molecule has 1 aliphatic heterocycles. The normalized spacial score (nSPS) is 12.8. The molecule has 2 heterocycles. The second-order valence-electron chi connectivity index (χ2n) is 6.87. The highest BCUT2D eigenvalue weighted by Crippen LogP contribution is 2.29. The molecule has 0 saturated heterocycles. The van der Waals surface area contributed by atoms with Crippen LogP contribution in [0, 0.1) is 13.8 Å². The zero-order valence-corrected chi connectivity index (χ0v) is 15.0. The first-order valence-electron chi connectivity index (χ1n) is 8.90. The van der Waals surface area contributed by atoms with Gasteiger partial charge in [0.15, 0.2) is 0 Å². The summed E-state index contributed by atoms with van der Waals surface area (Å²) in [7, 11) is 0. The number of hydrogen-bond acceptors (Lipinski definition) is 3. The third-order valence-electron chi connectivity index (χ3n) is 4.83. The maximum absolute atomic E-state index is 11.5. The van der Waals surface area contributed by atoms with E-state index in [4.69, 9.17) is 4.98 Å². The molecule has 0 atom stereocenters. The smallest absolute Gasteiger partial charge is 0.228 e. The zero-order valence-electron chi connectivity index (χ0n) is 15.0. The molecule has 130 valence electrons. The third-order valence-corrected chi connectivity index (χ3v) is 4.83. The Morgan fingerprint density at radius 3 is 2.62 bits per heavy atom. The van der Waals surface area contributed by atoms with Crippen molar-refractivity contribution in [1.82, 2.24) is 9.97 Å². The average molecular weight is 343 g/mol. The molecule has 0 aliphatic carbocycles. The van der Waals surface area contributed by atoms with E-state index in [-0.39, 0.29) is 5.91 Å². The van der Waals surface area contributed by atoms with Gasteiger partial charge >= 0.3 is 0 Å². The molecule has 4 nitrogen and oxygen atoms in total. The van der Waals surface area contributed by atoms with Gasteiger partial charge in [-0.1, -0.05) is 35.9 Å². The fourth-order valence-electron chi connectivity index (χ4n) is 3.33. The maximum atomic E-state index is 11.5. The highest BCUT2D eigenvalue weighted by Gasteiger charge is 2.18. The van der Waals surface area contributed by atoms with Gasteiger partial charge in [-0.15, -0.1) is 0 Å². The summed E-state index contributed by atoms with van der Waals surface area (Å²) >= 11 is 0. The number of hydrogen-bond donors (Lipinski definition) is 1. The van der Waals surface area contributed by atoms with E-state index in [1.54, 1.807) is 0 Å². The summed E-state index contributed by atoms with van der Waals surface area (Å²) in [6.45, 7) is 4.11. The number of benzene rings is 2. The Bertz CT molecular complexity index is 977. The van der Waals surface area contributed by atoms with Crippen molar-refractivity contribution in [3.63, 3.8) is 0 Å². The molecule has 1 aliphatic rings. The van der Waals surface area contributed by atoms with Crippen molar-refractivity contribution in [3.8, 4) is 11.1 Å². The molecule has 26 heavy (non-hydrogen) atoms. The summed E-state index contributed by atoms with van der Waals surface area (Å²) in [5, 5.41) is 2.87. The Labute approximate surface area is 153 Å². The number of rotatable bonds is 4. The Balaban J connectivity index is 1.52. The first kappa shape index (κ1) is 16.5. The molecule has 0 fully saturated rings. The number of aromatic nitrogens is 2. The Kier molecular flexibility index (Phi) is 4.25. The highest BCUT2D eigenvalue weighted by molar-refractivity contribution is 5.99. The summed E-state index contributed by atoms with van der Waals surface area (Å²) in [4.78, 5) is 20.8. The minimum Gasteiger partial charge on any atom is -0.326 e. The van der Waals surface area contributed by atoms with Gasteiger partial charge in [-0.05, 0) is 49.1 Å². The summed E-state index contributed by atoms with van der Waals surface area (Å²) in [5.41, 5.74) is 7.57. The molecule has 0 spiro atoms. The molecule has 0 saturated carbocycles. The molecule has 1 aromatic heterocycles. The largest absolute Gasteiger partial charge is 0.326 e. The van der Waals surface area contributed by atoms with Gasteiger partial charge in [0.25, 0.3) is 0 Å². The van der Waals surface area contributed by atoms with Crippen LogP contribution in [0.15, 0.2) is 48.7 Å². The van der Waals surface area contributed by atoms with E-state index in [1.807, 2.05) is 25.3 Å². The summed E-state index contributed by atoms with van der Waals surface area (Å²) in [5.74, 6) is 0.918. The summed E-state index contributed by atoms with van der Waals surface area (Å²) < 4.78 is 0. The third kappa shape index (κ3) is 3.36. The van der Waals surface area contributed by atoms with E-state index < -0.39 is 0 Å². The lowest BCUT2D eigenvalue weighted by atomic mass is 10.0. The quantitative estimate of drug-likeness (QED) is 0.778. The van der Waals surface area contributed by atoms with E-state index >= 15 is 0 Å². The van der Waals surface area contributed by atoms with Gasteiger partial charge in [-0.3, -0.25) is 4.79 Å². The standard InChI is InChI=1S/C22H21N3O/c1-14-3-5-16(6-4-14)7-10-21-23-13-19(15(2)24-21)17-8-9-20-18(11-17)12-22(26)25-20/h3-6,8-9,11,13H,7,10,12H2,1-2H3,(H,25,26). The number of aryl methyl sites for hydroxylation is 4. The van der Waals surface area contributed by atoms with Crippen LogP contribution in [0.25, 0.3) is 11.1 Å². The molecular weight excluding hydrogens is 322 g/mol. The molecule has 4 heteroatoms. The first-order chi connectivity index (χ1) is 12.6. The molecule has 2 aromatic carbocycles. The van der Waals surface area contributed by atoms with Crippen molar-refractivity contribution in [2.75, 3.05) is 5.32 Å².